The van der Waals surface area contributed by atoms with Gasteiger partial charge in [-0.15, -0.1) is 0 Å². The molecule has 1 heteroatoms. The fourth-order valence-electron chi connectivity index (χ4n) is 2.13. The molecule has 1 heterocycles. The van der Waals surface area contributed by atoms with Crippen molar-refractivity contribution < 1.29 is 0 Å². The van der Waals surface area contributed by atoms with E-state index in [1.165, 1.54) is 16.5 Å². The van der Waals surface area contributed by atoms with E-state index in [0.717, 1.165) is 11.2 Å². The molecule has 0 aliphatic carbocycles. The highest BCUT2D eigenvalue weighted by atomic mass is 14.7. The van der Waals surface area contributed by atoms with Gasteiger partial charge in [0.1, 0.15) is 0 Å². The molecule has 82 valence electrons. The average Bonchev–Trinajstić information content (AvgIpc) is 2.39. The van der Waals surface area contributed by atoms with E-state index in [-0.39, 0.29) is 0 Å². The maximum atomic E-state index is 4.56. The molecule has 0 fully saturated rings. The van der Waals surface area contributed by atoms with Crippen molar-refractivity contribution in [2.45, 2.75) is 6.92 Å². The summed E-state index contributed by atoms with van der Waals surface area (Å²) in [5.74, 6) is 0. The fourth-order valence-corrected chi connectivity index (χ4v) is 2.13. The van der Waals surface area contributed by atoms with Gasteiger partial charge in [-0.3, -0.25) is 4.98 Å². The molecule has 0 aliphatic rings. The molecule has 0 bridgehead atoms. The number of hydrogen-bond donors (Lipinski definition) is 0. The minimum atomic E-state index is 1.06. The molecule has 0 amide bonds. The smallest absolute Gasteiger partial charge is 0.0711 e. The Balaban J connectivity index is 2.31. The van der Waals surface area contributed by atoms with Gasteiger partial charge in [0, 0.05) is 11.1 Å². The van der Waals surface area contributed by atoms with Crippen LogP contribution in [0.4, 0.5) is 0 Å². The summed E-state index contributed by atoms with van der Waals surface area (Å²) in [6.45, 7) is 2.02. The normalized spacial score (nSPS) is 10.6. The minimum absolute atomic E-state index is 1.06. The van der Waals surface area contributed by atoms with E-state index in [1.54, 1.807) is 0 Å². The topological polar surface area (TPSA) is 12.9 Å². The Morgan fingerprint density at radius 1 is 0.765 bits per heavy atom. The second-order valence-electron chi connectivity index (χ2n) is 4.19. The van der Waals surface area contributed by atoms with E-state index in [2.05, 4.69) is 59.6 Å². The first-order chi connectivity index (χ1) is 8.34. The molecule has 0 N–H and O–H groups in total. The summed E-state index contributed by atoms with van der Waals surface area (Å²) in [4.78, 5) is 4.56. The molecule has 0 saturated heterocycles. The molecule has 17 heavy (non-hydrogen) atoms. The van der Waals surface area contributed by atoms with Gasteiger partial charge in [-0.1, -0.05) is 48.5 Å². The van der Waals surface area contributed by atoms with Gasteiger partial charge in [0.15, 0.2) is 0 Å². The van der Waals surface area contributed by atoms with Crippen molar-refractivity contribution in [2.24, 2.45) is 0 Å². The molecular formula is C16H13N. The van der Waals surface area contributed by atoms with Crippen molar-refractivity contribution in [1.29, 1.82) is 0 Å². The van der Waals surface area contributed by atoms with Crippen LogP contribution in [0.2, 0.25) is 0 Å². The van der Waals surface area contributed by atoms with Gasteiger partial charge in [0.25, 0.3) is 0 Å². The number of aromatic nitrogens is 1. The van der Waals surface area contributed by atoms with Crippen LogP contribution < -0.4 is 0 Å². The molecule has 1 nitrogen and oxygen atoms in total. The highest BCUT2D eigenvalue weighted by Crippen LogP contribution is 2.27. The van der Waals surface area contributed by atoms with Crippen molar-refractivity contribution in [3.05, 3.63) is 66.4 Å². The van der Waals surface area contributed by atoms with Gasteiger partial charge < -0.3 is 0 Å². The molecule has 1 aromatic heterocycles. The number of benzene rings is 2. The van der Waals surface area contributed by atoms with Crippen molar-refractivity contribution >= 4 is 10.9 Å². The number of hydrogen-bond acceptors (Lipinski definition) is 1. The Labute approximate surface area is 101 Å². The lowest BCUT2D eigenvalue weighted by atomic mass is 10.0. The Morgan fingerprint density at radius 3 is 2.41 bits per heavy atom. The third-order valence-corrected chi connectivity index (χ3v) is 2.96. The van der Waals surface area contributed by atoms with Crippen molar-refractivity contribution in [3.8, 4) is 11.1 Å². The first-order valence-corrected chi connectivity index (χ1v) is 5.76. The highest BCUT2D eigenvalue weighted by molar-refractivity contribution is 5.94. The molecule has 3 rings (SSSR count). The monoisotopic (exact) mass is 219 g/mol. The molecule has 0 saturated carbocycles. The molecule has 3 aromatic rings. The number of pyridine rings is 1. The first-order valence-electron chi connectivity index (χ1n) is 5.76. The lowest BCUT2D eigenvalue weighted by Gasteiger charge is -2.06. The fraction of sp³-hybridized carbons (Fsp3) is 0.0625. The molecule has 0 atom stereocenters. The van der Waals surface area contributed by atoms with Crippen LogP contribution in [0.25, 0.3) is 22.0 Å². The summed E-state index contributed by atoms with van der Waals surface area (Å²) < 4.78 is 0. The molecule has 0 aliphatic heterocycles. The molecule has 0 radical (unpaired) electrons. The van der Waals surface area contributed by atoms with Crippen LogP contribution in [0.1, 0.15) is 5.69 Å². The molecular weight excluding hydrogens is 206 g/mol. The number of aryl methyl sites for hydroxylation is 1. The maximum absolute atomic E-state index is 4.56. The lowest BCUT2D eigenvalue weighted by Crippen LogP contribution is -1.85. The van der Waals surface area contributed by atoms with Gasteiger partial charge in [-0.25, -0.2) is 0 Å². The van der Waals surface area contributed by atoms with Crippen LogP contribution >= 0.6 is 0 Å². The van der Waals surface area contributed by atoms with E-state index in [1.807, 2.05) is 13.0 Å². The van der Waals surface area contributed by atoms with Crippen LogP contribution in [0.5, 0.6) is 0 Å². The van der Waals surface area contributed by atoms with Crippen LogP contribution in [-0.4, -0.2) is 4.98 Å². The quantitative estimate of drug-likeness (QED) is 0.597. The second-order valence-corrected chi connectivity index (χ2v) is 4.19. The predicted octanol–water partition coefficient (Wildman–Crippen LogP) is 4.21. The van der Waals surface area contributed by atoms with E-state index in [0.29, 0.717) is 0 Å². The SMILES string of the molecule is Cc1ccc2c(-c3ccccc3)cccc2n1. The summed E-state index contributed by atoms with van der Waals surface area (Å²) in [6.07, 6.45) is 0. The highest BCUT2D eigenvalue weighted by Gasteiger charge is 2.03. The van der Waals surface area contributed by atoms with Crippen LogP contribution in [-0.2, 0) is 0 Å². The summed E-state index contributed by atoms with van der Waals surface area (Å²) in [5, 5.41) is 1.21. The zero-order valence-electron chi connectivity index (χ0n) is 9.72. The van der Waals surface area contributed by atoms with E-state index in [4.69, 9.17) is 0 Å². The van der Waals surface area contributed by atoms with Crippen molar-refractivity contribution in [1.82, 2.24) is 4.98 Å². The van der Waals surface area contributed by atoms with Gasteiger partial charge in [0.2, 0.25) is 0 Å². The van der Waals surface area contributed by atoms with Gasteiger partial charge in [0.05, 0.1) is 5.52 Å². The van der Waals surface area contributed by atoms with Crippen LogP contribution in [0, 0.1) is 6.92 Å². The summed E-state index contributed by atoms with van der Waals surface area (Å²) >= 11 is 0. The van der Waals surface area contributed by atoms with Crippen LogP contribution in [0.15, 0.2) is 60.7 Å². The Morgan fingerprint density at radius 2 is 1.59 bits per heavy atom. The van der Waals surface area contributed by atoms with Crippen molar-refractivity contribution in [2.75, 3.05) is 0 Å². The first kappa shape index (κ1) is 10.0. The van der Waals surface area contributed by atoms with Gasteiger partial charge in [-0.2, -0.15) is 0 Å². The minimum Gasteiger partial charge on any atom is -0.253 e. The number of fused-ring (bicyclic) bond motifs is 1. The summed E-state index contributed by atoms with van der Waals surface area (Å²) in [5.41, 5.74) is 4.61. The summed E-state index contributed by atoms with van der Waals surface area (Å²) in [6, 6.07) is 20.9. The maximum Gasteiger partial charge on any atom is 0.0711 e. The standard InChI is InChI=1S/C16H13N/c1-12-10-11-15-14(8-5-9-16(15)17-12)13-6-3-2-4-7-13/h2-11H,1H3. The summed E-state index contributed by atoms with van der Waals surface area (Å²) in [7, 11) is 0. The molecule has 0 unspecified atom stereocenters. The number of rotatable bonds is 1. The van der Waals surface area contributed by atoms with E-state index < -0.39 is 0 Å². The molecule has 0 spiro atoms. The zero-order valence-corrected chi connectivity index (χ0v) is 9.72. The zero-order chi connectivity index (χ0) is 11.7. The lowest BCUT2D eigenvalue weighted by molar-refractivity contribution is 1.26. The third-order valence-electron chi connectivity index (χ3n) is 2.96. The Hall–Kier alpha value is -2.15. The Kier molecular flexibility index (Phi) is 2.37. The van der Waals surface area contributed by atoms with Gasteiger partial charge >= 0.3 is 0 Å². The van der Waals surface area contributed by atoms with Crippen molar-refractivity contribution in [3.63, 3.8) is 0 Å². The van der Waals surface area contributed by atoms with E-state index >= 15 is 0 Å². The second kappa shape index (κ2) is 4.02. The van der Waals surface area contributed by atoms with Gasteiger partial charge in [-0.05, 0) is 30.2 Å². The largest absolute Gasteiger partial charge is 0.253 e. The van der Waals surface area contributed by atoms with Crippen LogP contribution in [0.3, 0.4) is 0 Å². The molecule has 2 aromatic carbocycles. The average molecular weight is 219 g/mol. The predicted molar refractivity (Wildman–Crippen MR) is 71.9 cm³/mol. The Bertz CT molecular complexity index is 657. The third kappa shape index (κ3) is 1.80. The number of nitrogens with zero attached hydrogens (tertiary/aromatic N) is 1. The van der Waals surface area contributed by atoms with E-state index in [9.17, 15) is 0 Å².